The molecule has 33 heavy (non-hydrogen) atoms. The van der Waals surface area contributed by atoms with Crippen molar-refractivity contribution < 1.29 is 31.1 Å². The van der Waals surface area contributed by atoms with Gasteiger partial charge in [0.15, 0.2) is 6.10 Å². The van der Waals surface area contributed by atoms with Crippen LogP contribution < -0.4 is 4.72 Å². The predicted octanol–water partition coefficient (Wildman–Crippen LogP) is 6.12. The van der Waals surface area contributed by atoms with E-state index in [0.717, 1.165) is 12.1 Å². The molecule has 1 aliphatic rings. The fourth-order valence-electron chi connectivity index (χ4n) is 3.24. The van der Waals surface area contributed by atoms with E-state index in [2.05, 4.69) is 9.71 Å². The van der Waals surface area contributed by atoms with E-state index >= 15 is 0 Å². The highest BCUT2D eigenvalue weighted by atomic mass is 35.5. The zero-order valence-electron chi connectivity index (χ0n) is 16.0. The Morgan fingerprint density at radius 2 is 1.76 bits per heavy atom. The first kappa shape index (κ1) is 23.6. The number of pyridine rings is 1. The van der Waals surface area contributed by atoms with Gasteiger partial charge < -0.3 is 4.74 Å². The number of hydrogen-bond donors (Lipinski definition) is 1. The summed E-state index contributed by atoms with van der Waals surface area (Å²) in [4.78, 5) is 15.6. The van der Waals surface area contributed by atoms with Gasteiger partial charge in [-0.2, -0.15) is 13.2 Å². The molecular formula is C20H10Cl3F3N2O4S. The van der Waals surface area contributed by atoms with E-state index in [9.17, 15) is 26.4 Å². The van der Waals surface area contributed by atoms with Crippen LogP contribution in [0.15, 0.2) is 53.6 Å². The summed E-state index contributed by atoms with van der Waals surface area (Å²) in [7, 11) is -4.56. The van der Waals surface area contributed by atoms with Gasteiger partial charge in [0.25, 0.3) is 10.0 Å². The van der Waals surface area contributed by atoms with Gasteiger partial charge in [-0.3, -0.25) is 9.71 Å². The Morgan fingerprint density at radius 3 is 2.45 bits per heavy atom. The van der Waals surface area contributed by atoms with Gasteiger partial charge >= 0.3 is 12.1 Å². The smallest absolute Gasteiger partial charge is 0.417 e. The van der Waals surface area contributed by atoms with Crippen LogP contribution in [0.3, 0.4) is 0 Å². The SMILES string of the molecule is O=C1OC(c2ncc(Cl)cc2NS(=O)(=O)c2ccc(Cl)c(C(F)(F)F)c2)c2c(Cl)cccc21. The molecule has 0 bridgehead atoms. The Bertz CT molecular complexity index is 1400. The number of nitrogens with one attached hydrogen (secondary N) is 1. The fraction of sp³-hybridized carbons (Fsp3) is 0.100. The van der Waals surface area contributed by atoms with Crippen molar-refractivity contribution in [2.45, 2.75) is 17.2 Å². The van der Waals surface area contributed by atoms with Crippen LogP contribution in [0.25, 0.3) is 0 Å². The lowest BCUT2D eigenvalue weighted by Crippen LogP contribution is -2.17. The number of nitrogens with zero attached hydrogens (tertiary/aromatic N) is 1. The molecule has 1 aromatic heterocycles. The number of cyclic esters (lactones) is 1. The first-order chi connectivity index (χ1) is 15.4. The Balaban J connectivity index is 1.79. The molecule has 3 aromatic rings. The second-order valence-corrected chi connectivity index (χ2v) is 9.75. The lowest BCUT2D eigenvalue weighted by molar-refractivity contribution is -0.137. The van der Waals surface area contributed by atoms with Gasteiger partial charge in [-0.1, -0.05) is 40.9 Å². The molecule has 2 heterocycles. The summed E-state index contributed by atoms with van der Waals surface area (Å²) in [5.74, 6) is -0.699. The number of ether oxygens (including phenoxy) is 1. The average Bonchev–Trinajstić information content (AvgIpc) is 3.05. The molecule has 1 atom stereocenters. The summed E-state index contributed by atoms with van der Waals surface area (Å²) >= 11 is 17.8. The molecule has 13 heteroatoms. The third-order valence-corrected chi connectivity index (χ3v) is 6.92. The molecule has 0 fully saturated rings. The molecular weight excluding hydrogens is 528 g/mol. The molecule has 172 valence electrons. The first-order valence-corrected chi connectivity index (χ1v) is 11.5. The number of rotatable bonds is 4. The molecule has 6 nitrogen and oxygen atoms in total. The maximum atomic E-state index is 13.2. The number of fused-ring (bicyclic) bond motifs is 1. The molecule has 0 spiro atoms. The largest absolute Gasteiger partial charge is 0.447 e. The number of carbonyl (C=O) groups excluding carboxylic acids is 1. The van der Waals surface area contributed by atoms with E-state index in [-0.39, 0.29) is 32.6 Å². The number of halogens is 6. The van der Waals surface area contributed by atoms with Crippen LogP contribution in [0.1, 0.15) is 33.3 Å². The van der Waals surface area contributed by atoms with Gasteiger partial charge in [0.05, 0.1) is 31.8 Å². The van der Waals surface area contributed by atoms with Gasteiger partial charge in [0.2, 0.25) is 0 Å². The zero-order valence-corrected chi connectivity index (χ0v) is 19.0. The van der Waals surface area contributed by atoms with Crippen LogP contribution in [0.4, 0.5) is 18.9 Å². The second kappa shape index (κ2) is 8.35. The third-order valence-electron chi connectivity index (χ3n) is 4.69. The molecule has 0 saturated carbocycles. The zero-order chi connectivity index (χ0) is 24.1. The van der Waals surface area contributed by atoms with Crippen LogP contribution in [-0.4, -0.2) is 19.4 Å². The van der Waals surface area contributed by atoms with Crippen molar-refractivity contribution in [3.8, 4) is 0 Å². The minimum absolute atomic E-state index is 0.0206. The lowest BCUT2D eigenvalue weighted by atomic mass is 10.0. The molecule has 4 rings (SSSR count). The summed E-state index contributed by atoms with van der Waals surface area (Å²) in [5, 5.41) is -0.454. The van der Waals surface area contributed by atoms with Crippen molar-refractivity contribution in [1.82, 2.24) is 4.98 Å². The van der Waals surface area contributed by atoms with Crippen LogP contribution in [-0.2, 0) is 20.9 Å². The van der Waals surface area contributed by atoms with Crippen LogP contribution >= 0.6 is 34.8 Å². The number of sulfonamides is 1. The topological polar surface area (TPSA) is 85.4 Å². The molecule has 0 radical (unpaired) electrons. The standard InChI is InChI=1S/C20H10Cl3F3N2O4S/c21-9-6-15(28-33(30,31)10-4-5-13(22)12(7-10)20(24,25)26)17(27-8-9)18-16-11(19(29)32-18)2-1-3-14(16)23/h1-8,18,28H. The molecule has 0 saturated heterocycles. The quantitative estimate of drug-likeness (QED) is 0.405. The number of esters is 1. The maximum absolute atomic E-state index is 13.2. The molecule has 0 aliphatic carbocycles. The highest BCUT2D eigenvalue weighted by molar-refractivity contribution is 7.92. The number of anilines is 1. The van der Waals surface area contributed by atoms with Crippen LogP contribution in [0.5, 0.6) is 0 Å². The molecule has 2 aromatic carbocycles. The van der Waals surface area contributed by atoms with Gasteiger partial charge in [-0.25, -0.2) is 13.2 Å². The summed E-state index contributed by atoms with van der Waals surface area (Å²) in [5.41, 5.74) is -1.15. The number of aromatic nitrogens is 1. The predicted molar refractivity (Wildman–Crippen MR) is 115 cm³/mol. The molecule has 0 amide bonds. The van der Waals surface area contributed by atoms with E-state index in [1.54, 1.807) is 6.07 Å². The van der Waals surface area contributed by atoms with Gasteiger partial charge in [0.1, 0.15) is 5.69 Å². The minimum Gasteiger partial charge on any atom is -0.447 e. The Kier molecular flexibility index (Phi) is 5.98. The van der Waals surface area contributed by atoms with E-state index in [0.29, 0.717) is 6.07 Å². The van der Waals surface area contributed by atoms with Crippen molar-refractivity contribution in [2.24, 2.45) is 0 Å². The van der Waals surface area contributed by atoms with Gasteiger partial charge in [0, 0.05) is 16.8 Å². The fourth-order valence-corrected chi connectivity index (χ4v) is 4.98. The molecule has 1 aliphatic heterocycles. The van der Waals surface area contributed by atoms with Gasteiger partial charge in [-0.05, 0) is 36.4 Å². The van der Waals surface area contributed by atoms with Crippen LogP contribution in [0, 0.1) is 0 Å². The molecule has 1 unspecified atom stereocenters. The summed E-state index contributed by atoms with van der Waals surface area (Å²) < 4.78 is 72.9. The summed E-state index contributed by atoms with van der Waals surface area (Å²) in [6.07, 6.45) is -4.85. The van der Waals surface area contributed by atoms with E-state index < -0.39 is 43.8 Å². The Hall–Kier alpha value is -2.53. The van der Waals surface area contributed by atoms with Crippen molar-refractivity contribution in [3.05, 3.63) is 86.1 Å². The highest BCUT2D eigenvalue weighted by Crippen LogP contribution is 2.42. The van der Waals surface area contributed by atoms with E-state index in [4.69, 9.17) is 39.5 Å². The Morgan fingerprint density at radius 1 is 1.03 bits per heavy atom. The number of hydrogen-bond acceptors (Lipinski definition) is 5. The number of carbonyl (C=O) groups is 1. The minimum atomic E-state index is -4.87. The molecule has 1 N–H and O–H groups in total. The number of benzene rings is 2. The van der Waals surface area contributed by atoms with E-state index in [1.165, 1.54) is 24.4 Å². The van der Waals surface area contributed by atoms with E-state index in [1.807, 2.05) is 0 Å². The Labute approximate surface area is 200 Å². The van der Waals surface area contributed by atoms with Crippen molar-refractivity contribution in [1.29, 1.82) is 0 Å². The van der Waals surface area contributed by atoms with Gasteiger partial charge in [-0.15, -0.1) is 0 Å². The van der Waals surface area contributed by atoms with Crippen molar-refractivity contribution in [3.63, 3.8) is 0 Å². The monoisotopic (exact) mass is 536 g/mol. The van der Waals surface area contributed by atoms with Crippen molar-refractivity contribution in [2.75, 3.05) is 4.72 Å². The maximum Gasteiger partial charge on any atom is 0.417 e. The number of alkyl halides is 3. The van der Waals surface area contributed by atoms with Crippen molar-refractivity contribution >= 4 is 56.5 Å². The highest BCUT2D eigenvalue weighted by Gasteiger charge is 2.38. The second-order valence-electron chi connectivity index (χ2n) is 6.82. The third kappa shape index (κ3) is 4.48. The van der Waals surface area contributed by atoms with Crippen LogP contribution in [0.2, 0.25) is 15.1 Å². The first-order valence-electron chi connectivity index (χ1n) is 8.93. The summed E-state index contributed by atoms with van der Waals surface area (Å²) in [6.45, 7) is 0. The lowest BCUT2D eigenvalue weighted by Gasteiger charge is -2.18. The normalized spacial score (nSPS) is 15.8. The average molecular weight is 538 g/mol. The summed E-state index contributed by atoms with van der Waals surface area (Å²) in [6, 6.07) is 7.87.